The monoisotopic (exact) mass is 410 g/mol. The van der Waals surface area contributed by atoms with Crippen LogP contribution in [0.5, 0.6) is 5.75 Å². The van der Waals surface area contributed by atoms with Gasteiger partial charge in [-0.3, -0.25) is 9.59 Å². The second kappa shape index (κ2) is 10.8. The molecule has 0 aliphatic rings. The SMILES string of the molecule is CC[C@@H](C(=O)NC(C)C)N(Cc1ccccc1C)C(=O)COc1ccc(C)c(C)c1. The van der Waals surface area contributed by atoms with Crippen molar-refractivity contribution in [3.63, 3.8) is 0 Å². The molecule has 1 N–H and O–H groups in total. The second-order valence-corrected chi connectivity index (χ2v) is 8.07. The summed E-state index contributed by atoms with van der Waals surface area (Å²) in [5, 5.41) is 2.94. The van der Waals surface area contributed by atoms with Gasteiger partial charge in [-0.25, -0.2) is 0 Å². The summed E-state index contributed by atoms with van der Waals surface area (Å²) < 4.78 is 5.79. The van der Waals surface area contributed by atoms with Gasteiger partial charge in [0.15, 0.2) is 6.61 Å². The summed E-state index contributed by atoms with van der Waals surface area (Å²) in [6.07, 6.45) is 0.528. The first-order valence-corrected chi connectivity index (χ1v) is 10.6. The molecular weight excluding hydrogens is 376 g/mol. The Morgan fingerprint density at radius 2 is 1.70 bits per heavy atom. The Morgan fingerprint density at radius 1 is 1.00 bits per heavy atom. The van der Waals surface area contributed by atoms with Gasteiger partial charge in [0.05, 0.1) is 0 Å². The lowest BCUT2D eigenvalue weighted by Crippen LogP contribution is -2.51. The molecule has 0 aromatic heterocycles. The molecule has 162 valence electrons. The lowest BCUT2D eigenvalue weighted by Gasteiger charge is -2.31. The third kappa shape index (κ3) is 6.34. The summed E-state index contributed by atoms with van der Waals surface area (Å²) in [6, 6.07) is 13.1. The average molecular weight is 411 g/mol. The number of nitrogens with one attached hydrogen (secondary N) is 1. The second-order valence-electron chi connectivity index (χ2n) is 8.07. The van der Waals surface area contributed by atoms with Gasteiger partial charge in [0.1, 0.15) is 11.8 Å². The fraction of sp³-hybridized carbons (Fsp3) is 0.440. The summed E-state index contributed by atoms with van der Waals surface area (Å²) in [7, 11) is 0. The number of ether oxygens (including phenoxy) is 1. The number of amides is 2. The fourth-order valence-corrected chi connectivity index (χ4v) is 3.30. The number of carbonyl (C=O) groups excluding carboxylic acids is 2. The van der Waals surface area contributed by atoms with E-state index >= 15 is 0 Å². The Bertz CT molecular complexity index is 876. The quantitative estimate of drug-likeness (QED) is 0.670. The Labute approximate surface area is 180 Å². The van der Waals surface area contributed by atoms with Crippen molar-refractivity contribution in [3.8, 4) is 5.75 Å². The van der Waals surface area contributed by atoms with E-state index in [1.165, 1.54) is 5.56 Å². The molecule has 2 amide bonds. The van der Waals surface area contributed by atoms with Gasteiger partial charge in [0, 0.05) is 12.6 Å². The molecule has 0 aliphatic carbocycles. The number of nitrogens with zero attached hydrogens (tertiary/aromatic N) is 1. The highest BCUT2D eigenvalue weighted by molar-refractivity contribution is 5.88. The van der Waals surface area contributed by atoms with Crippen LogP contribution in [-0.2, 0) is 16.1 Å². The van der Waals surface area contributed by atoms with Crippen LogP contribution >= 0.6 is 0 Å². The molecule has 5 nitrogen and oxygen atoms in total. The Balaban J connectivity index is 2.23. The maximum absolute atomic E-state index is 13.2. The fourth-order valence-electron chi connectivity index (χ4n) is 3.30. The molecule has 0 saturated heterocycles. The Kier molecular flexibility index (Phi) is 8.46. The van der Waals surface area contributed by atoms with Crippen LogP contribution in [0.2, 0.25) is 0 Å². The first-order valence-electron chi connectivity index (χ1n) is 10.6. The average Bonchev–Trinajstić information content (AvgIpc) is 2.69. The standard InChI is InChI=1S/C25H34N2O3/c1-7-23(25(29)26-17(2)3)27(15-21-11-9-8-10-19(21)5)24(28)16-30-22-13-12-18(4)20(6)14-22/h8-14,17,23H,7,15-16H2,1-6H3,(H,26,29)/t23-/m0/s1. The van der Waals surface area contributed by atoms with Gasteiger partial charge in [-0.05, 0) is 75.4 Å². The zero-order chi connectivity index (χ0) is 22.3. The molecule has 0 saturated carbocycles. The Hall–Kier alpha value is -2.82. The highest BCUT2D eigenvalue weighted by Crippen LogP contribution is 2.18. The minimum atomic E-state index is -0.553. The van der Waals surface area contributed by atoms with E-state index in [1.807, 2.05) is 84.0 Å². The summed E-state index contributed by atoms with van der Waals surface area (Å²) in [6.45, 7) is 12.1. The van der Waals surface area contributed by atoms with E-state index in [0.29, 0.717) is 18.7 Å². The van der Waals surface area contributed by atoms with Crippen LogP contribution < -0.4 is 10.1 Å². The van der Waals surface area contributed by atoms with Crippen molar-refractivity contribution < 1.29 is 14.3 Å². The lowest BCUT2D eigenvalue weighted by molar-refractivity contribution is -0.143. The number of hydrogen-bond acceptors (Lipinski definition) is 3. The van der Waals surface area contributed by atoms with Crippen LogP contribution in [0.3, 0.4) is 0 Å². The van der Waals surface area contributed by atoms with Crippen LogP contribution in [-0.4, -0.2) is 35.4 Å². The number of carbonyl (C=O) groups is 2. The first-order chi connectivity index (χ1) is 14.2. The van der Waals surface area contributed by atoms with Gasteiger partial charge in [0.25, 0.3) is 5.91 Å². The topological polar surface area (TPSA) is 58.6 Å². The van der Waals surface area contributed by atoms with Crippen molar-refractivity contribution in [2.75, 3.05) is 6.61 Å². The molecule has 0 radical (unpaired) electrons. The summed E-state index contributed by atoms with van der Waals surface area (Å²) in [4.78, 5) is 27.7. The van der Waals surface area contributed by atoms with E-state index < -0.39 is 6.04 Å². The minimum absolute atomic E-state index is 0.00810. The van der Waals surface area contributed by atoms with Crippen molar-refractivity contribution >= 4 is 11.8 Å². The number of hydrogen-bond donors (Lipinski definition) is 1. The molecule has 5 heteroatoms. The van der Waals surface area contributed by atoms with Gasteiger partial charge < -0.3 is 15.0 Å². The predicted octanol–water partition coefficient (Wildman–Crippen LogP) is 4.32. The van der Waals surface area contributed by atoms with Crippen LogP contribution in [0.1, 0.15) is 49.4 Å². The highest BCUT2D eigenvalue weighted by Gasteiger charge is 2.29. The van der Waals surface area contributed by atoms with Gasteiger partial charge in [-0.2, -0.15) is 0 Å². The predicted molar refractivity (Wildman–Crippen MR) is 120 cm³/mol. The van der Waals surface area contributed by atoms with E-state index in [1.54, 1.807) is 4.90 Å². The number of rotatable bonds is 9. The van der Waals surface area contributed by atoms with Crippen molar-refractivity contribution in [2.45, 2.75) is 66.6 Å². The maximum Gasteiger partial charge on any atom is 0.261 e. The molecule has 0 aliphatic heterocycles. The molecule has 0 fully saturated rings. The molecular formula is C25H34N2O3. The molecule has 0 unspecified atom stereocenters. The zero-order valence-electron chi connectivity index (χ0n) is 19.0. The summed E-state index contributed by atoms with van der Waals surface area (Å²) in [5.74, 6) is 0.310. The first kappa shape index (κ1) is 23.5. The molecule has 0 heterocycles. The molecule has 2 aromatic carbocycles. The van der Waals surface area contributed by atoms with E-state index in [9.17, 15) is 9.59 Å². The maximum atomic E-state index is 13.2. The van der Waals surface area contributed by atoms with Gasteiger partial charge in [0.2, 0.25) is 5.91 Å². The van der Waals surface area contributed by atoms with Gasteiger partial charge in [-0.15, -0.1) is 0 Å². The minimum Gasteiger partial charge on any atom is -0.484 e. The van der Waals surface area contributed by atoms with Crippen molar-refractivity contribution in [1.82, 2.24) is 10.2 Å². The molecule has 30 heavy (non-hydrogen) atoms. The zero-order valence-corrected chi connectivity index (χ0v) is 19.0. The van der Waals surface area contributed by atoms with E-state index in [0.717, 1.165) is 16.7 Å². The van der Waals surface area contributed by atoms with Crippen molar-refractivity contribution in [3.05, 3.63) is 64.7 Å². The lowest BCUT2D eigenvalue weighted by atomic mass is 10.1. The third-order valence-electron chi connectivity index (χ3n) is 5.26. The van der Waals surface area contributed by atoms with Crippen LogP contribution in [0, 0.1) is 20.8 Å². The van der Waals surface area contributed by atoms with Gasteiger partial charge in [-0.1, -0.05) is 37.3 Å². The molecule has 2 aromatic rings. The highest BCUT2D eigenvalue weighted by atomic mass is 16.5. The molecule has 0 bridgehead atoms. The Morgan fingerprint density at radius 3 is 2.30 bits per heavy atom. The smallest absolute Gasteiger partial charge is 0.261 e. The molecule has 1 atom stereocenters. The van der Waals surface area contributed by atoms with Crippen LogP contribution in [0.15, 0.2) is 42.5 Å². The third-order valence-corrected chi connectivity index (χ3v) is 5.26. The summed E-state index contributed by atoms with van der Waals surface area (Å²) in [5.41, 5.74) is 4.39. The van der Waals surface area contributed by atoms with Crippen molar-refractivity contribution in [2.24, 2.45) is 0 Å². The number of aryl methyl sites for hydroxylation is 3. The van der Waals surface area contributed by atoms with Gasteiger partial charge >= 0.3 is 0 Å². The van der Waals surface area contributed by atoms with E-state index in [-0.39, 0.29) is 24.5 Å². The van der Waals surface area contributed by atoms with Crippen molar-refractivity contribution in [1.29, 1.82) is 0 Å². The van der Waals surface area contributed by atoms with Crippen LogP contribution in [0.25, 0.3) is 0 Å². The number of benzene rings is 2. The molecule has 0 spiro atoms. The van der Waals surface area contributed by atoms with E-state index in [4.69, 9.17) is 4.74 Å². The molecule has 2 rings (SSSR count). The normalized spacial score (nSPS) is 11.8. The van der Waals surface area contributed by atoms with Crippen LogP contribution in [0.4, 0.5) is 0 Å². The van der Waals surface area contributed by atoms with E-state index in [2.05, 4.69) is 5.32 Å². The largest absolute Gasteiger partial charge is 0.484 e. The summed E-state index contributed by atoms with van der Waals surface area (Å²) >= 11 is 0.